The third-order valence-corrected chi connectivity index (χ3v) is 4.24. The van der Waals surface area contributed by atoms with E-state index < -0.39 is 0 Å². The second-order valence-corrected chi connectivity index (χ2v) is 6.09. The van der Waals surface area contributed by atoms with Crippen molar-refractivity contribution in [2.24, 2.45) is 0 Å². The van der Waals surface area contributed by atoms with Gasteiger partial charge < -0.3 is 4.90 Å². The highest BCUT2D eigenvalue weighted by Crippen LogP contribution is 2.19. The standard InChI is InChI=1S/C25H17NO2/c1-3-19-10-7-11-23(16-19)26(2)25(28)24-17-21(14-15-22(24)18-27)13-12-20-8-5-4-6-9-20/h1,4-11,14-18H,2H3. The number of terminal acetylenes is 1. The van der Waals surface area contributed by atoms with Gasteiger partial charge in [-0.1, -0.05) is 42.0 Å². The van der Waals surface area contributed by atoms with Crippen LogP contribution in [0.4, 0.5) is 5.69 Å². The van der Waals surface area contributed by atoms with E-state index in [-0.39, 0.29) is 5.91 Å². The SMILES string of the molecule is C#Cc1cccc(N(C)C(=O)c2cc(C#Cc3ccccc3)ccc2C=O)c1. The normalized spacial score (nSPS) is 9.57. The Morgan fingerprint density at radius 3 is 2.32 bits per heavy atom. The molecule has 134 valence electrons. The van der Waals surface area contributed by atoms with E-state index in [1.54, 1.807) is 49.5 Å². The maximum atomic E-state index is 13.0. The van der Waals surface area contributed by atoms with Gasteiger partial charge in [-0.3, -0.25) is 9.59 Å². The van der Waals surface area contributed by atoms with Crippen LogP contribution in [0.25, 0.3) is 0 Å². The summed E-state index contributed by atoms with van der Waals surface area (Å²) in [4.78, 5) is 25.9. The summed E-state index contributed by atoms with van der Waals surface area (Å²) in [5.74, 6) is 8.34. The van der Waals surface area contributed by atoms with Crippen molar-refractivity contribution in [1.82, 2.24) is 0 Å². The number of rotatable bonds is 3. The largest absolute Gasteiger partial charge is 0.311 e. The predicted octanol–water partition coefficient (Wildman–Crippen LogP) is 4.16. The zero-order valence-electron chi connectivity index (χ0n) is 15.3. The summed E-state index contributed by atoms with van der Waals surface area (Å²) < 4.78 is 0. The molecule has 0 aliphatic heterocycles. The van der Waals surface area contributed by atoms with Crippen molar-refractivity contribution in [3.8, 4) is 24.2 Å². The van der Waals surface area contributed by atoms with Crippen LogP contribution >= 0.6 is 0 Å². The van der Waals surface area contributed by atoms with E-state index in [9.17, 15) is 9.59 Å². The molecule has 3 aromatic rings. The first-order valence-electron chi connectivity index (χ1n) is 8.63. The van der Waals surface area contributed by atoms with Gasteiger partial charge in [0.1, 0.15) is 0 Å². The highest BCUT2D eigenvalue weighted by atomic mass is 16.2. The van der Waals surface area contributed by atoms with Gasteiger partial charge in [-0.15, -0.1) is 6.42 Å². The lowest BCUT2D eigenvalue weighted by Crippen LogP contribution is -2.27. The number of nitrogens with zero attached hydrogens (tertiary/aromatic N) is 1. The number of hydrogen-bond donors (Lipinski definition) is 0. The van der Waals surface area contributed by atoms with Crippen LogP contribution in [0, 0.1) is 24.2 Å². The fourth-order valence-corrected chi connectivity index (χ4v) is 2.69. The lowest BCUT2D eigenvalue weighted by molar-refractivity contribution is 0.0986. The molecule has 0 heterocycles. The van der Waals surface area contributed by atoms with Crippen LogP contribution in [-0.4, -0.2) is 19.2 Å². The zero-order chi connectivity index (χ0) is 19.9. The van der Waals surface area contributed by atoms with Crippen LogP contribution in [-0.2, 0) is 0 Å². The Morgan fingerprint density at radius 2 is 1.61 bits per heavy atom. The summed E-state index contributed by atoms with van der Waals surface area (Å²) in [6.45, 7) is 0. The highest BCUT2D eigenvalue weighted by Gasteiger charge is 2.17. The van der Waals surface area contributed by atoms with E-state index in [1.807, 2.05) is 30.3 Å². The van der Waals surface area contributed by atoms with Crippen LogP contribution < -0.4 is 4.90 Å². The zero-order valence-corrected chi connectivity index (χ0v) is 15.3. The molecule has 0 aromatic heterocycles. The second kappa shape index (κ2) is 8.54. The van der Waals surface area contributed by atoms with Crippen LogP contribution in [0.1, 0.15) is 37.4 Å². The molecule has 0 radical (unpaired) electrons. The van der Waals surface area contributed by atoms with Crippen molar-refractivity contribution in [1.29, 1.82) is 0 Å². The van der Waals surface area contributed by atoms with Gasteiger partial charge >= 0.3 is 0 Å². The number of benzene rings is 3. The number of carbonyl (C=O) groups excluding carboxylic acids is 2. The lowest BCUT2D eigenvalue weighted by atomic mass is 10.0. The molecular formula is C25H17NO2. The lowest BCUT2D eigenvalue weighted by Gasteiger charge is -2.18. The summed E-state index contributed by atoms with van der Waals surface area (Å²) >= 11 is 0. The Balaban J connectivity index is 1.95. The fraction of sp³-hybridized carbons (Fsp3) is 0.0400. The summed E-state index contributed by atoms with van der Waals surface area (Å²) in [6, 6.07) is 21.7. The molecule has 0 spiro atoms. The highest BCUT2D eigenvalue weighted by molar-refractivity contribution is 6.10. The first kappa shape index (κ1) is 18.7. The maximum Gasteiger partial charge on any atom is 0.258 e. The smallest absolute Gasteiger partial charge is 0.258 e. The van der Waals surface area contributed by atoms with Crippen molar-refractivity contribution < 1.29 is 9.59 Å². The molecule has 0 fully saturated rings. The van der Waals surface area contributed by atoms with Crippen molar-refractivity contribution in [2.75, 3.05) is 11.9 Å². The monoisotopic (exact) mass is 363 g/mol. The van der Waals surface area contributed by atoms with Crippen LogP contribution in [0.3, 0.4) is 0 Å². The molecule has 0 saturated heterocycles. The van der Waals surface area contributed by atoms with E-state index >= 15 is 0 Å². The van der Waals surface area contributed by atoms with Gasteiger partial charge in [0.25, 0.3) is 5.91 Å². The van der Waals surface area contributed by atoms with E-state index in [0.717, 1.165) is 5.56 Å². The van der Waals surface area contributed by atoms with Gasteiger partial charge in [-0.05, 0) is 48.5 Å². The molecule has 0 aliphatic rings. The Morgan fingerprint density at radius 1 is 0.893 bits per heavy atom. The second-order valence-electron chi connectivity index (χ2n) is 6.09. The van der Waals surface area contributed by atoms with E-state index in [2.05, 4.69) is 17.8 Å². The molecule has 3 nitrogen and oxygen atoms in total. The number of aldehydes is 1. The molecule has 0 saturated carbocycles. The molecule has 1 amide bonds. The van der Waals surface area contributed by atoms with Crippen LogP contribution in [0.5, 0.6) is 0 Å². The molecule has 3 heteroatoms. The van der Waals surface area contributed by atoms with Gasteiger partial charge in [-0.2, -0.15) is 0 Å². The van der Waals surface area contributed by atoms with E-state index in [4.69, 9.17) is 6.42 Å². The van der Waals surface area contributed by atoms with Gasteiger partial charge in [0.2, 0.25) is 0 Å². The van der Waals surface area contributed by atoms with Gasteiger partial charge in [0.05, 0.1) is 5.56 Å². The molecule has 3 aromatic carbocycles. The molecule has 28 heavy (non-hydrogen) atoms. The molecule has 0 aliphatic carbocycles. The third kappa shape index (κ3) is 4.18. The number of carbonyl (C=O) groups is 2. The minimum Gasteiger partial charge on any atom is -0.311 e. The van der Waals surface area contributed by atoms with Gasteiger partial charge in [0, 0.05) is 35.0 Å². The third-order valence-electron chi connectivity index (χ3n) is 4.24. The molecule has 0 atom stereocenters. The van der Waals surface area contributed by atoms with Crippen molar-refractivity contribution in [3.05, 3.63) is 101 Å². The topological polar surface area (TPSA) is 37.4 Å². The van der Waals surface area contributed by atoms with Gasteiger partial charge in [-0.25, -0.2) is 0 Å². The molecule has 0 N–H and O–H groups in total. The van der Waals surface area contributed by atoms with E-state index in [0.29, 0.717) is 34.2 Å². The average molecular weight is 363 g/mol. The maximum absolute atomic E-state index is 13.0. The number of amides is 1. The quantitative estimate of drug-likeness (QED) is 0.518. The van der Waals surface area contributed by atoms with Crippen molar-refractivity contribution in [2.45, 2.75) is 0 Å². The Hall–Kier alpha value is -4.08. The number of hydrogen-bond acceptors (Lipinski definition) is 2. The number of anilines is 1. The van der Waals surface area contributed by atoms with Crippen molar-refractivity contribution >= 4 is 17.9 Å². The molecule has 0 bridgehead atoms. The molecule has 3 rings (SSSR count). The summed E-state index contributed by atoms with van der Waals surface area (Å²) in [6.07, 6.45) is 6.11. The molecular weight excluding hydrogens is 346 g/mol. The molecule has 0 unspecified atom stereocenters. The Labute approximate surface area is 164 Å². The summed E-state index contributed by atoms with van der Waals surface area (Å²) in [7, 11) is 1.65. The average Bonchev–Trinajstić information content (AvgIpc) is 2.77. The van der Waals surface area contributed by atoms with Crippen LogP contribution in [0.15, 0.2) is 72.8 Å². The first-order chi connectivity index (χ1) is 13.6. The Kier molecular flexibility index (Phi) is 5.70. The first-order valence-corrected chi connectivity index (χ1v) is 8.63. The summed E-state index contributed by atoms with van der Waals surface area (Å²) in [5, 5.41) is 0. The minimum absolute atomic E-state index is 0.295. The van der Waals surface area contributed by atoms with Crippen molar-refractivity contribution in [3.63, 3.8) is 0 Å². The fourth-order valence-electron chi connectivity index (χ4n) is 2.69. The Bertz CT molecular complexity index is 1130. The van der Waals surface area contributed by atoms with E-state index in [1.165, 1.54) is 4.90 Å². The summed E-state index contributed by atoms with van der Waals surface area (Å²) in [5.41, 5.74) is 3.47. The van der Waals surface area contributed by atoms with Gasteiger partial charge in [0.15, 0.2) is 6.29 Å². The van der Waals surface area contributed by atoms with Crippen LogP contribution in [0.2, 0.25) is 0 Å². The minimum atomic E-state index is -0.306. The predicted molar refractivity (Wildman–Crippen MR) is 111 cm³/mol.